The molecule has 158 valence electrons. The van der Waals surface area contributed by atoms with E-state index >= 15 is 0 Å². The molecular formula is C20H28N4O4S. The van der Waals surface area contributed by atoms with Gasteiger partial charge in [-0.2, -0.15) is 0 Å². The summed E-state index contributed by atoms with van der Waals surface area (Å²) in [5, 5.41) is 5.60. The maximum Gasteiger partial charge on any atom is 0.234 e. The lowest BCUT2D eigenvalue weighted by atomic mass is 10.2. The number of hydrogen-bond acceptors (Lipinski definition) is 7. The predicted molar refractivity (Wildman–Crippen MR) is 111 cm³/mol. The third-order valence-electron chi connectivity index (χ3n) is 4.77. The molecule has 1 aliphatic heterocycles. The Labute approximate surface area is 174 Å². The standard InChI is InChI=1S/C20H28N4O4S/c1-15-4-5-17(28-15)20-22-16(14-29-20)12-19(26)24-9-7-23(8-10-24)13-18(25)21-6-3-11-27-2/h4-5,14H,3,6-13H2,1-2H3,(H,21,25). The molecule has 3 rings (SSSR count). The van der Waals surface area contributed by atoms with Crippen LogP contribution in [0.15, 0.2) is 21.9 Å². The predicted octanol–water partition coefficient (Wildman–Crippen LogP) is 1.55. The zero-order valence-corrected chi connectivity index (χ0v) is 17.8. The van der Waals surface area contributed by atoms with Gasteiger partial charge in [0, 0.05) is 51.8 Å². The summed E-state index contributed by atoms with van der Waals surface area (Å²) in [5.41, 5.74) is 0.766. The van der Waals surface area contributed by atoms with E-state index in [2.05, 4.69) is 15.2 Å². The van der Waals surface area contributed by atoms with Crippen LogP contribution in [0.2, 0.25) is 0 Å². The molecule has 3 heterocycles. The van der Waals surface area contributed by atoms with Gasteiger partial charge in [0.25, 0.3) is 0 Å². The number of thiazole rings is 1. The quantitative estimate of drug-likeness (QED) is 0.620. The third kappa shape index (κ3) is 6.38. The number of methoxy groups -OCH3 is 1. The Morgan fingerprint density at radius 2 is 2.07 bits per heavy atom. The van der Waals surface area contributed by atoms with Crippen molar-refractivity contribution in [2.24, 2.45) is 0 Å². The minimum absolute atomic E-state index is 0.0176. The number of carbonyl (C=O) groups is 2. The monoisotopic (exact) mass is 420 g/mol. The van der Waals surface area contributed by atoms with Crippen molar-refractivity contribution >= 4 is 23.2 Å². The van der Waals surface area contributed by atoms with Crippen LogP contribution in [0.3, 0.4) is 0 Å². The number of carbonyl (C=O) groups excluding carboxylic acids is 2. The zero-order chi connectivity index (χ0) is 20.6. The van der Waals surface area contributed by atoms with Gasteiger partial charge in [-0.1, -0.05) is 0 Å². The molecule has 2 aromatic heterocycles. The van der Waals surface area contributed by atoms with Gasteiger partial charge in [-0.05, 0) is 25.5 Å². The fraction of sp³-hybridized carbons (Fsp3) is 0.550. The molecule has 2 amide bonds. The minimum Gasteiger partial charge on any atom is -0.459 e. The van der Waals surface area contributed by atoms with E-state index in [1.165, 1.54) is 11.3 Å². The van der Waals surface area contributed by atoms with Gasteiger partial charge in [0.1, 0.15) is 5.76 Å². The Hall–Kier alpha value is -2.23. The van der Waals surface area contributed by atoms with Gasteiger partial charge in [-0.15, -0.1) is 11.3 Å². The summed E-state index contributed by atoms with van der Waals surface area (Å²) in [6, 6.07) is 3.80. The average Bonchev–Trinajstić information content (AvgIpc) is 3.34. The van der Waals surface area contributed by atoms with Crippen LogP contribution in [0.4, 0.5) is 0 Å². The average molecular weight is 421 g/mol. The molecule has 1 saturated heterocycles. The molecule has 0 atom stereocenters. The Bertz CT molecular complexity index is 811. The van der Waals surface area contributed by atoms with Crippen LogP contribution in [0.1, 0.15) is 17.9 Å². The van der Waals surface area contributed by atoms with E-state index in [1.54, 1.807) is 7.11 Å². The van der Waals surface area contributed by atoms with E-state index in [0.717, 1.165) is 28.6 Å². The fourth-order valence-electron chi connectivity index (χ4n) is 3.18. The molecule has 1 N–H and O–H groups in total. The molecule has 8 nitrogen and oxygen atoms in total. The number of amides is 2. The van der Waals surface area contributed by atoms with E-state index in [4.69, 9.17) is 9.15 Å². The molecule has 9 heteroatoms. The molecule has 0 saturated carbocycles. The van der Waals surface area contributed by atoms with Gasteiger partial charge in [0.2, 0.25) is 11.8 Å². The van der Waals surface area contributed by atoms with Crippen molar-refractivity contribution < 1.29 is 18.7 Å². The van der Waals surface area contributed by atoms with Crippen molar-refractivity contribution in [1.82, 2.24) is 20.1 Å². The Balaban J connectivity index is 1.40. The lowest BCUT2D eigenvalue weighted by molar-refractivity contribution is -0.132. The first kappa shape index (κ1) is 21.5. The fourth-order valence-corrected chi connectivity index (χ4v) is 3.96. The molecule has 0 unspecified atom stereocenters. The topological polar surface area (TPSA) is 87.9 Å². The second kappa shape index (κ2) is 10.5. The highest BCUT2D eigenvalue weighted by atomic mass is 32.1. The SMILES string of the molecule is COCCCNC(=O)CN1CCN(C(=O)Cc2csc(-c3ccc(C)o3)n2)CC1. The number of ether oxygens (including phenoxy) is 1. The summed E-state index contributed by atoms with van der Waals surface area (Å²) in [6.45, 7) is 6.19. The summed E-state index contributed by atoms with van der Waals surface area (Å²) in [6.07, 6.45) is 1.10. The van der Waals surface area contributed by atoms with Crippen LogP contribution >= 0.6 is 11.3 Å². The van der Waals surface area contributed by atoms with E-state index in [0.29, 0.717) is 45.9 Å². The number of aryl methyl sites for hydroxylation is 1. The third-order valence-corrected chi connectivity index (χ3v) is 5.68. The van der Waals surface area contributed by atoms with E-state index in [9.17, 15) is 9.59 Å². The van der Waals surface area contributed by atoms with Crippen LogP contribution in [0.5, 0.6) is 0 Å². The number of nitrogens with one attached hydrogen (secondary N) is 1. The molecule has 0 aromatic carbocycles. The molecule has 1 aliphatic rings. The maximum atomic E-state index is 12.6. The summed E-state index contributed by atoms with van der Waals surface area (Å²) in [5.74, 6) is 1.67. The number of piperazine rings is 1. The molecule has 0 aliphatic carbocycles. The summed E-state index contributed by atoms with van der Waals surface area (Å²) in [4.78, 5) is 33.0. The van der Waals surface area contributed by atoms with E-state index < -0.39 is 0 Å². The van der Waals surface area contributed by atoms with Crippen molar-refractivity contribution in [1.29, 1.82) is 0 Å². The van der Waals surface area contributed by atoms with Crippen LogP contribution < -0.4 is 5.32 Å². The lowest BCUT2D eigenvalue weighted by Gasteiger charge is -2.34. The van der Waals surface area contributed by atoms with Crippen molar-refractivity contribution in [3.8, 4) is 10.8 Å². The summed E-state index contributed by atoms with van der Waals surface area (Å²) >= 11 is 1.49. The molecule has 0 spiro atoms. The van der Waals surface area contributed by atoms with Gasteiger partial charge < -0.3 is 19.4 Å². The Morgan fingerprint density at radius 3 is 2.76 bits per heavy atom. The largest absolute Gasteiger partial charge is 0.459 e. The van der Waals surface area contributed by atoms with E-state index in [1.807, 2.05) is 29.3 Å². The summed E-state index contributed by atoms with van der Waals surface area (Å²) in [7, 11) is 1.65. The highest BCUT2D eigenvalue weighted by molar-refractivity contribution is 7.13. The molecule has 0 radical (unpaired) electrons. The van der Waals surface area contributed by atoms with Gasteiger partial charge >= 0.3 is 0 Å². The maximum absolute atomic E-state index is 12.6. The van der Waals surface area contributed by atoms with Crippen molar-refractivity contribution in [3.05, 3.63) is 29.0 Å². The smallest absolute Gasteiger partial charge is 0.234 e. The van der Waals surface area contributed by atoms with Gasteiger partial charge in [-0.25, -0.2) is 4.98 Å². The normalized spacial score (nSPS) is 14.9. The molecule has 2 aromatic rings. The zero-order valence-electron chi connectivity index (χ0n) is 17.0. The number of aromatic nitrogens is 1. The van der Waals surface area contributed by atoms with Crippen molar-refractivity contribution in [2.45, 2.75) is 19.8 Å². The van der Waals surface area contributed by atoms with Gasteiger partial charge in [0.15, 0.2) is 10.8 Å². The number of hydrogen-bond donors (Lipinski definition) is 1. The van der Waals surface area contributed by atoms with Gasteiger partial charge in [-0.3, -0.25) is 14.5 Å². The Morgan fingerprint density at radius 1 is 1.28 bits per heavy atom. The van der Waals surface area contributed by atoms with Crippen LogP contribution in [0, 0.1) is 6.92 Å². The Kier molecular flexibility index (Phi) is 7.79. The number of nitrogens with zero attached hydrogens (tertiary/aromatic N) is 3. The van der Waals surface area contributed by atoms with Crippen LogP contribution in [0.25, 0.3) is 10.8 Å². The van der Waals surface area contributed by atoms with Gasteiger partial charge in [0.05, 0.1) is 18.7 Å². The first-order valence-corrected chi connectivity index (χ1v) is 10.7. The first-order chi connectivity index (χ1) is 14.0. The van der Waals surface area contributed by atoms with Crippen LogP contribution in [-0.2, 0) is 20.7 Å². The molecular weight excluding hydrogens is 392 g/mol. The van der Waals surface area contributed by atoms with Crippen molar-refractivity contribution in [2.75, 3.05) is 53.0 Å². The highest BCUT2D eigenvalue weighted by Crippen LogP contribution is 2.25. The molecule has 0 bridgehead atoms. The molecule has 29 heavy (non-hydrogen) atoms. The highest BCUT2D eigenvalue weighted by Gasteiger charge is 2.23. The van der Waals surface area contributed by atoms with E-state index in [-0.39, 0.29) is 18.2 Å². The number of rotatable bonds is 9. The second-order valence-corrected chi connectivity index (χ2v) is 7.94. The second-order valence-electron chi connectivity index (χ2n) is 7.08. The first-order valence-electron chi connectivity index (χ1n) is 9.82. The number of furan rings is 1. The lowest BCUT2D eigenvalue weighted by Crippen LogP contribution is -2.51. The minimum atomic E-state index is 0.0176. The van der Waals surface area contributed by atoms with Crippen molar-refractivity contribution in [3.63, 3.8) is 0 Å². The molecule has 1 fully saturated rings. The van der Waals surface area contributed by atoms with Crippen LogP contribution in [-0.4, -0.2) is 79.6 Å². The summed E-state index contributed by atoms with van der Waals surface area (Å²) < 4.78 is 10.6.